The van der Waals surface area contributed by atoms with Crippen molar-refractivity contribution in [1.82, 2.24) is 9.97 Å². The molecule has 0 saturated heterocycles. The molecule has 8 aromatic carbocycles. The minimum absolute atomic E-state index is 0.716. The minimum atomic E-state index is 0.716. The predicted molar refractivity (Wildman–Crippen MR) is 194 cm³/mol. The van der Waals surface area contributed by atoms with E-state index in [0.717, 1.165) is 16.8 Å². The highest BCUT2D eigenvalue weighted by atomic mass is 14.9. The average molecular weight is 585 g/mol. The summed E-state index contributed by atoms with van der Waals surface area (Å²) in [6.07, 6.45) is 1.86. The fraction of sp³-hybridized carbons (Fsp3) is 0. The van der Waals surface area contributed by atoms with Crippen LogP contribution in [0.15, 0.2) is 170 Å². The van der Waals surface area contributed by atoms with E-state index < -0.39 is 0 Å². The molecule has 0 aliphatic rings. The lowest BCUT2D eigenvalue weighted by Gasteiger charge is -2.19. The van der Waals surface area contributed by atoms with E-state index >= 15 is 0 Å². The highest BCUT2D eigenvalue weighted by molar-refractivity contribution is 6.22. The van der Waals surface area contributed by atoms with Gasteiger partial charge in [0.05, 0.1) is 5.69 Å². The molecule has 2 heteroatoms. The summed E-state index contributed by atoms with van der Waals surface area (Å²) in [5.74, 6) is 0.716. The van der Waals surface area contributed by atoms with Crippen LogP contribution in [-0.4, -0.2) is 9.97 Å². The molecular weight excluding hydrogens is 556 g/mol. The van der Waals surface area contributed by atoms with E-state index in [1.807, 2.05) is 30.5 Å². The summed E-state index contributed by atoms with van der Waals surface area (Å²) >= 11 is 0. The zero-order valence-corrected chi connectivity index (χ0v) is 25.1. The Morgan fingerprint density at radius 3 is 1.50 bits per heavy atom. The molecule has 1 aromatic heterocycles. The van der Waals surface area contributed by atoms with Crippen LogP contribution in [0.4, 0.5) is 0 Å². The van der Waals surface area contributed by atoms with Gasteiger partial charge in [-0.2, -0.15) is 0 Å². The average Bonchev–Trinajstić information content (AvgIpc) is 3.13. The van der Waals surface area contributed by atoms with E-state index in [1.54, 1.807) is 0 Å². The molecule has 1 heterocycles. The Morgan fingerprint density at radius 1 is 0.326 bits per heavy atom. The summed E-state index contributed by atoms with van der Waals surface area (Å²) in [5, 5.41) is 9.80. The Kier molecular flexibility index (Phi) is 6.17. The van der Waals surface area contributed by atoms with Gasteiger partial charge in [0.2, 0.25) is 0 Å². The summed E-state index contributed by atoms with van der Waals surface area (Å²) in [5.41, 5.74) is 7.85. The topological polar surface area (TPSA) is 25.8 Å². The second kappa shape index (κ2) is 10.8. The lowest BCUT2D eigenvalue weighted by molar-refractivity contribution is 1.18. The van der Waals surface area contributed by atoms with Crippen LogP contribution in [0.25, 0.3) is 88.0 Å². The molecule has 9 rings (SSSR count). The van der Waals surface area contributed by atoms with Crippen molar-refractivity contribution < 1.29 is 0 Å². The quantitative estimate of drug-likeness (QED) is 0.192. The van der Waals surface area contributed by atoms with Gasteiger partial charge in [0.15, 0.2) is 5.82 Å². The van der Waals surface area contributed by atoms with E-state index in [2.05, 4.69) is 140 Å². The van der Waals surface area contributed by atoms with Crippen molar-refractivity contribution in [2.24, 2.45) is 0 Å². The van der Waals surface area contributed by atoms with E-state index in [9.17, 15) is 0 Å². The Labute approximate surface area is 267 Å². The van der Waals surface area contributed by atoms with Crippen LogP contribution in [-0.2, 0) is 0 Å². The van der Waals surface area contributed by atoms with Crippen molar-refractivity contribution in [2.75, 3.05) is 0 Å². The maximum Gasteiger partial charge on any atom is 0.159 e. The largest absolute Gasteiger partial charge is 0.237 e. The van der Waals surface area contributed by atoms with Crippen molar-refractivity contribution in [3.8, 4) is 44.9 Å². The van der Waals surface area contributed by atoms with Crippen molar-refractivity contribution in [1.29, 1.82) is 0 Å². The van der Waals surface area contributed by atoms with Gasteiger partial charge in [0.25, 0.3) is 0 Å². The van der Waals surface area contributed by atoms with Gasteiger partial charge in [-0.05, 0) is 89.6 Å². The Balaban J connectivity index is 1.36. The van der Waals surface area contributed by atoms with Gasteiger partial charge < -0.3 is 0 Å². The molecular formula is C44H28N2. The van der Waals surface area contributed by atoms with Crippen LogP contribution in [0.1, 0.15) is 0 Å². The van der Waals surface area contributed by atoms with Crippen molar-refractivity contribution >= 4 is 43.1 Å². The fourth-order valence-corrected chi connectivity index (χ4v) is 6.90. The molecule has 0 aliphatic carbocycles. The highest BCUT2D eigenvalue weighted by Crippen LogP contribution is 2.45. The molecule has 0 radical (unpaired) electrons. The summed E-state index contributed by atoms with van der Waals surface area (Å²) < 4.78 is 0. The van der Waals surface area contributed by atoms with Gasteiger partial charge in [-0.15, -0.1) is 0 Å². The summed E-state index contributed by atoms with van der Waals surface area (Å²) in [4.78, 5) is 9.78. The standard InChI is InChI=1S/C44H28N2/c1-2-12-31(13-3-1)41-24-25-45-44(46-41)36-22-23-39-40(28-36)43(35-21-19-30-11-5-7-15-33(30)27-35)38-17-9-8-16-37(38)42(39)34-20-18-29-10-4-6-14-32(29)26-34/h1-28H. The van der Waals surface area contributed by atoms with Gasteiger partial charge in [0.1, 0.15) is 0 Å². The zero-order valence-electron chi connectivity index (χ0n) is 25.1. The van der Waals surface area contributed by atoms with Crippen molar-refractivity contribution in [2.45, 2.75) is 0 Å². The summed E-state index contributed by atoms with van der Waals surface area (Å²) in [6, 6.07) is 58.7. The number of aromatic nitrogens is 2. The van der Waals surface area contributed by atoms with E-state index in [4.69, 9.17) is 9.97 Å². The van der Waals surface area contributed by atoms with Crippen LogP contribution in [0, 0.1) is 0 Å². The van der Waals surface area contributed by atoms with Crippen molar-refractivity contribution in [3.63, 3.8) is 0 Å². The second-order valence-corrected chi connectivity index (χ2v) is 11.8. The van der Waals surface area contributed by atoms with E-state index in [1.165, 1.54) is 65.3 Å². The molecule has 0 atom stereocenters. The van der Waals surface area contributed by atoms with Gasteiger partial charge in [-0.3, -0.25) is 0 Å². The van der Waals surface area contributed by atoms with E-state index in [0.29, 0.717) is 5.82 Å². The number of fused-ring (bicyclic) bond motifs is 4. The number of rotatable bonds is 4. The first-order valence-electron chi connectivity index (χ1n) is 15.7. The molecule has 0 bridgehead atoms. The zero-order chi connectivity index (χ0) is 30.5. The molecule has 214 valence electrons. The smallest absolute Gasteiger partial charge is 0.159 e. The van der Waals surface area contributed by atoms with Gasteiger partial charge >= 0.3 is 0 Å². The maximum absolute atomic E-state index is 5.03. The first kappa shape index (κ1) is 26.3. The molecule has 0 unspecified atom stereocenters. The highest BCUT2D eigenvalue weighted by Gasteiger charge is 2.18. The normalized spacial score (nSPS) is 11.5. The molecule has 0 spiro atoms. The van der Waals surface area contributed by atoms with Crippen LogP contribution >= 0.6 is 0 Å². The predicted octanol–water partition coefficient (Wildman–Crippen LogP) is 11.8. The lowest BCUT2D eigenvalue weighted by Crippen LogP contribution is -1.94. The Morgan fingerprint density at radius 2 is 0.848 bits per heavy atom. The SMILES string of the molecule is c1ccc(-c2ccnc(-c3ccc4c(-c5ccc6ccccc6c5)c5ccccc5c(-c5ccc6ccccc6c5)c4c3)n2)cc1. The van der Waals surface area contributed by atoms with E-state index in [-0.39, 0.29) is 0 Å². The van der Waals surface area contributed by atoms with Crippen LogP contribution in [0.3, 0.4) is 0 Å². The van der Waals surface area contributed by atoms with Crippen LogP contribution in [0.2, 0.25) is 0 Å². The van der Waals surface area contributed by atoms with Crippen molar-refractivity contribution in [3.05, 3.63) is 170 Å². The van der Waals surface area contributed by atoms with Gasteiger partial charge in [-0.25, -0.2) is 9.97 Å². The van der Waals surface area contributed by atoms with Crippen LogP contribution in [0.5, 0.6) is 0 Å². The summed E-state index contributed by atoms with van der Waals surface area (Å²) in [6.45, 7) is 0. The first-order chi connectivity index (χ1) is 22.8. The second-order valence-electron chi connectivity index (χ2n) is 11.8. The monoisotopic (exact) mass is 584 g/mol. The third-order valence-electron chi connectivity index (χ3n) is 9.08. The Hall–Kier alpha value is -6.12. The summed E-state index contributed by atoms with van der Waals surface area (Å²) in [7, 11) is 0. The molecule has 0 fully saturated rings. The maximum atomic E-state index is 5.03. The molecule has 46 heavy (non-hydrogen) atoms. The van der Waals surface area contributed by atoms with Gasteiger partial charge in [0, 0.05) is 17.3 Å². The molecule has 9 aromatic rings. The molecule has 0 amide bonds. The molecule has 0 saturated carbocycles. The Bertz CT molecular complexity index is 2580. The molecule has 2 nitrogen and oxygen atoms in total. The fourth-order valence-electron chi connectivity index (χ4n) is 6.90. The molecule has 0 aliphatic heterocycles. The number of hydrogen-bond donors (Lipinski definition) is 0. The van der Waals surface area contributed by atoms with Crippen LogP contribution < -0.4 is 0 Å². The van der Waals surface area contributed by atoms with Gasteiger partial charge in [-0.1, -0.05) is 140 Å². The third-order valence-corrected chi connectivity index (χ3v) is 9.08. The number of nitrogens with zero attached hydrogens (tertiary/aromatic N) is 2. The lowest BCUT2D eigenvalue weighted by atomic mass is 9.84. The molecule has 0 N–H and O–H groups in total. The first-order valence-corrected chi connectivity index (χ1v) is 15.7. The minimum Gasteiger partial charge on any atom is -0.237 e. The number of benzene rings is 8. The third kappa shape index (κ3) is 4.43. The number of hydrogen-bond acceptors (Lipinski definition) is 2.